The zero-order chi connectivity index (χ0) is 14.5. The van der Waals surface area contributed by atoms with E-state index in [0.717, 1.165) is 0 Å². The van der Waals surface area contributed by atoms with Crippen LogP contribution < -0.4 is 10.6 Å². The first-order valence-corrected chi connectivity index (χ1v) is 6.21. The van der Waals surface area contributed by atoms with Gasteiger partial charge in [0.2, 0.25) is 0 Å². The van der Waals surface area contributed by atoms with Crippen LogP contribution in [0.1, 0.15) is 12.7 Å². The first-order chi connectivity index (χ1) is 9.63. The van der Waals surface area contributed by atoms with Crippen LogP contribution in [0.5, 0.6) is 0 Å². The highest BCUT2D eigenvalue weighted by Gasteiger charge is 2.19. The minimum absolute atomic E-state index is 0.0384. The molecule has 0 saturated heterocycles. The summed E-state index contributed by atoms with van der Waals surface area (Å²) in [6.45, 7) is 2.88. The molecule has 2 N–H and O–H groups in total. The zero-order valence-electron chi connectivity index (χ0n) is 11.3. The van der Waals surface area contributed by atoms with Gasteiger partial charge in [-0.2, -0.15) is 0 Å². The SMILES string of the molecule is CCNc1cccc(NCc2nncn2C)c1[N+](=O)[O-]. The van der Waals surface area contributed by atoms with Crippen molar-refractivity contribution in [3.8, 4) is 0 Å². The van der Waals surface area contributed by atoms with Gasteiger partial charge in [0, 0.05) is 13.6 Å². The molecule has 0 aliphatic rings. The van der Waals surface area contributed by atoms with Crippen LogP contribution in [0, 0.1) is 10.1 Å². The second-order valence-electron chi connectivity index (χ2n) is 4.20. The van der Waals surface area contributed by atoms with E-state index in [1.807, 2.05) is 14.0 Å². The van der Waals surface area contributed by atoms with Crippen LogP contribution in [0.3, 0.4) is 0 Å². The van der Waals surface area contributed by atoms with Gasteiger partial charge in [-0.1, -0.05) is 6.07 Å². The van der Waals surface area contributed by atoms with E-state index in [2.05, 4.69) is 20.8 Å². The van der Waals surface area contributed by atoms with Gasteiger partial charge in [0.1, 0.15) is 17.7 Å². The van der Waals surface area contributed by atoms with Gasteiger partial charge < -0.3 is 15.2 Å². The molecule has 1 heterocycles. The summed E-state index contributed by atoms with van der Waals surface area (Å²) in [5.74, 6) is 0.702. The van der Waals surface area contributed by atoms with Gasteiger partial charge in [0.25, 0.3) is 0 Å². The molecule has 0 amide bonds. The number of para-hydroxylation sites is 1. The monoisotopic (exact) mass is 276 g/mol. The summed E-state index contributed by atoms with van der Waals surface area (Å²) in [4.78, 5) is 10.8. The number of anilines is 2. The minimum atomic E-state index is -0.392. The summed E-state index contributed by atoms with van der Waals surface area (Å²) < 4.78 is 1.76. The molecule has 0 unspecified atom stereocenters. The summed E-state index contributed by atoms with van der Waals surface area (Å²) in [6.07, 6.45) is 1.58. The average Bonchev–Trinajstić information content (AvgIpc) is 2.82. The van der Waals surface area contributed by atoms with Crippen LogP contribution in [0.4, 0.5) is 17.1 Å². The molecule has 0 radical (unpaired) electrons. The molecular formula is C12H16N6O2. The Morgan fingerprint density at radius 3 is 2.60 bits per heavy atom. The minimum Gasteiger partial charge on any atom is -0.380 e. The van der Waals surface area contributed by atoms with Gasteiger partial charge in [0.15, 0.2) is 5.82 Å². The Morgan fingerprint density at radius 2 is 2.05 bits per heavy atom. The van der Waals surface area contributed by atoms with Crippen LogP contribution in [-0.2, 0) is 13.6 Å². The lowest BCUT2D eigenvalue weighted by Gasteiger charge is -2.10. The van der Waals surface area contributed by atoms with Gasteiger partial charge in [-0.3, -0.25) is 10.1 Å². The highest BCUT2D eigenvalue weighted by Crippen LogP contribution is 2.32. The van der Waals surface area contributed by atoms with Crippen molar-refractivity contribution in [1.82, 2.24) is 14.8 Å². The van der Waals surface area contributed by atoms with Gasteiger partial charge in [0.05, 0.1) is 11.5 Å². The Morgan fingerprint density at radius 1 is 1.35 bits per heavy atom. The summed E-state index contributed by atoms with van der Waals surface area (Å²) >= 11 is 0. The van der Waals surface area contributed by atoms with Crippen LogP contribution >= 0.6 is 0 Å². The van der Waals surface area contributed by atoms with Crippen LogP contribution in [0.2, 0.25) is 0 Å². The van der Waals surface area contributed by atoms with Gasteiger partial charge >= 0.3 is 5.69 Å². The number of benzene rings is 1. The van der Waals surface area contributed by atoms with E-state index in [4.69, 9.17) is 0 Å². The fourth-order valence-electron chi connectivity index (χ4n) is 1.86. The van der Waals surface area contributed by atoms with Crippen LogP contribution in [-0.4, -0.2) is 26.2 Å². The largest absolute Gasteiger partial charge is 0.380 e. The second-order valence-corrected chi connectivity index (χ2v) is 4.20. The molecule has 20 heavy (non-hydrogen) atoms. The molecule has 1 aromatic carbocycles. The van der Waals surface area contributed by atoms with Gasteiger partial charge in [-0.15, -0.1) is 10.2 Å². The second kappa shape index (κ2) is 6.00. The Bertz CT molecular complexity index is 610. The molecule has 8 nitrogen and oxygen atoms in total. The third-order valence-electron chi connectivity index (χ3n) is 2.83. The number of aryl methyl sites for hydroxylation is 1. The number of nitrogens with zero attached hydrogens (tertiary/aromatic N) is 4. The van der Waals surface area contributed by atoms with E-state index in [1.165, 1.54) is 0 Å². The first-order valence-electron chi connectivity index (χ1n) is 6.21. The molecule has 2 rings (SSSR count). The summed E-state index contributed by atoms with van der Waals surface area (Å²) in [6, 6.07) is 5.13. The predicted octanol–water partition coefficient (Wildman–Crippen LogP) is 1.77. The number of nitro benzene ring substituents is 1. The van der Waals surface area contributed by atoms with E-state index in [9.17, 15) is 10.1 Å². The van der Waals surface area contributed by atoms with Gasteiger partial charge in [-0.25, -0.2) is 0 Å². The molecule has 1 aromatic heterocycles. The highest BCUT2D eigenvalue weighted by molar-refractivity contribution is 5.76. The molecule has 0 saturated carbocycles. The Labute approximate surface area is 116 Å². The van der Waals surface area contributed by atoms with Crippen LogP contribution in [0.25, 0.3) is 0 Å². The smallest absolute Gasteiger partial charge is 0.315 e. The first kappa shape index (κ1) is 13.8. The maximum absolute atomic E-state index is 11.2. The van der Waals surface area contributed by atoms with Crippen molar-refractivity contribution in [1.29, 1.82) is 0 Å². The molecule has 0 atom stereocenters. The maximum atomic E-state index is 11.2. The van der Waals surface area contributed by atoms with E-state index >= 15 is 0 Å². The number of hydrogen-bond acceptors (Lipinski definition) is 6. The van der Waals surface area contributed by atoms with Crippen molar-refractivity contribution in [2.75, 3.05) is 17.2 Å². The fourth-order valence-corrected chi connectivity index (χ4v) is 1.86. The number of nitro groups is 1. The van der Waals surface area contributed by atoms with Crippen molar-refractivity contribution in [2.45, 2.75) is 13.5 Å². The van der Waals surface area contributed by atoms with Crippen molar-refractivity contribution < 1.29 is 4.92 Å². The maximum Gasteiger partial charge on any atom is 0.315 e. The Hall–Kier alpha value is -2.64. The van der Waals surface area contributed by atoms with E-state index in [-0.39, 0.29) is 5.69 Å². The highest BCUT2D eigenvalue weighted by atomic mass is 16.6. The Kier molecular flexibility index (Phi) is 4.14. The number of hydrogen-bond donors (Lipinski definition) is 2. The third-order valence-corrected chi connectivity index (χ3v) is 2.83. The number of rotatable bonds is 6. The topological polar surface area (TPSA) is 97.9 Å². The summed E-state index contributed by atoms with van der Waals surface area (Å²) in [5, 5.41) is 25.0. The standard InChI is InChI=1S/C12H16N6O2/c1-3-13-9-5-4-6-10(12(9)18(19)20)14-7-11-16-15-8-17(11)2/h4-6,8,13-14H,3,7H2,1-2H3. The zero-order valence-corrected chi connectivity index (χ0v) is 11.3. The van der Waals surface area contributed by atoms with Crippen LogP contribution in [0.15, 0.2) is 24.5 Å². The number of aromatic nitrogens is 3. The molecular weight excluding hydrogens is 260 g/mol. The van der Waals surface area contributed by atoms with E-state index < -0.39 is 4.92 Å². The summed E-state index contributed by atoms with van der Waals surface area (Å²) in [5.41, 5.74) is 0.994. The van der Waals surface area contributed by atoms with Crippen molar-refractivity contribution in [2.24, 2.45) is 7.05 Å². The van der Waals surface area contributed by atoms with E-state index in [1.54, 1.807) is 29.1 Å². The molecule has 0 aliphatic carbocycles. The van der Waals surface area contributed by atoms with E-state index in [0.29, 0.717) is 30.3 Å². The lowest BCUT2D eigenvalue weighted by atomic mass is 10.2. The van der Waals surface area contributed by atoms with Gasteiger partial charge in [-0.05, 0) is 19.1 Å². The van der Waals surface area contributed by atoms with Crippen molar-refractivity contribution in [3.05, 3.63) is 40.5 Å². The predicted molar refractivity (Wildman–Crippen MR) is 75.6 cm³/mol. The molecule has 106 valence electrons. The lowest BCUT2D eigenvalue weighted by Crippen LogP contribution is -2.09. The summed E-state index contributed by atoms with van der Waals surface area (Å²) in [7, 11) is 1.82. The molecule has 0 spiro atoms. The molecule has 0 bridgehead atoms. The number of nitrogens with one attached hydrogen (secondary N) is 2. The average molecular weight is 276 g/mol. The quantitative estimate of drug-likeness (QED) is 0.616. The van der Waals surface area contributed by atoms with Crippen molar-refractivity contribution in [3.63, 3.8) is 0 Å². The Balaban J connectivity index is 2.24. The third kappa shape index (κ3) is 2.85. The fraction of sp³-hybridized carbons (Fsp3) is 0.333. The normalized spacial score (nSPS) is 10.3. The molecule has 0 aliphatic heterocycles. The van der Waals surface area contributed by atoms with Crippen molar-refractivity contribution >= 4 is 17.1 Å². The molecule has 2 aromatic rings. The lowest BCUT2D eigenvalue weighted by molar-refractivity contribution is -0.383. The molecule has 8 heteroatoms. The molecule has 0 fully saturated rings.